The van der Waals surface area contributed by atoms with Crippen molar-refractivity contribution in [2.75, 3.05) is 6.54 Å². The Morgan fingerprint density at radius 1 is 1.00 bits per heavy atom. The molecule has 0 aromatic rings. The summed E-state index contributed by atoms with van der Waals surface area (Å²) in [4.78, 5) is 31.3. The van der Waals surface area contributed by atoms with E-state index in [1.165, 1.54) is 32.1 Å². The molecule has 1 saturated carbocycles. The Kier molecular flexibility index (Phi) is 21.7. The molecule has 140 valence electrons. The molecule has 1 rings (SSSR count). The maximum absolute atomic E-state index is 11.6. The molecular formula is C16H27NNa2O7. The van der Waals surface area contributed by atoms with Gasteiger partial charge < -0.3 is 29.8 Å². The fourth-order valence-corrected chi connectivity index (χ4v) is 2.40. The van der Waals surface area contributed by atoms with E-state index in [0.717, 1.165) is 0 Å². The van der Waals surface area contributed by atoms with Gasteiger partial charge in [0.05, 0.1) is 0 Å². The first-order chi connectivity index (χ1) is 11.2. The van der Waals surface area contributed by atoms with Crippen LogP contribution in [0.25, 0.3) is 0 Å². The minimum atomic E-state index is -2.33. The van der Waals surface area contributed by atoms with Crippen molar-refractivity contribution in [1.29, 1.82) is 0 Å². The molecule has 0 bridgehead atoms. The van der Waals surface area contributed by atoms with E-state index in [4.69, 9.17) is 24.5 Å². The Labute approximate surface area is 199 Å². The Balaban J connectivity index is -0.000000798. The van der Waals surface area contributed by atoms with Gasteiger partial charge in [-0.25, -0.2) is 4.79 Å². The molecule has 0 saturated heterocycles. The second-order valence-corrected chi connectivity index (χ2v) is 6.20. The average molecular weight is 391 g/mol. The largest absolute Gasteiger partial charge is 1.00 e. The molecular weight excluding hydrogens is 364 g/mol. The predicted octanol–water partition coefficient (Wildman–Crippen LogP) is -5.21. The number of hydrogen-bond donors (Lipinski definition) is 1. The molecule has 0 aromatic carbocycles. The van der Waals surface area contributed by atoms with Gasteiger partial charge in [0.15, 0.2) is 0 Å². The number of nitrogens with one attached hydrogen (secondary N) is 1. The Morgan fingerprint density at radius 3 is 1.96 bits per heavy atom. The molecule has 0 radical (unpaired) electrons. The smallest absolute Gasteiger partial charge is 0.652 e. The summed E-state index contributed by atoms with van der Waals surface area (Å²) in [6.07, 6.45) is 2.75. The molecule has 0 aromatic heterocycles. The number of hydrogen-bond acceptors (Lipinski definition) is 7. The van der Waals surface area contributed by atoms with Gasteiger partial charge in [-0.2, -0.15) is 0 Å². The number of amides is 1. The fourth-order valence-electron chi connectivity index (χ4n) is 2.40. The summed E-state index contributed by atoms with van der Waals surface area (Å²) >= 11 is 0. The number of alkyl carbamates (subject to hydrolysis) is 1. The molecule has 26 heavy (non-hydrogen) atoms. The van der Waals surface area contributed by atoms with E-state index in [1.54, 1.807) is 6.92 Å². The van der Waals surface area contributed by atoms with Crippen LogP contribution in [0.5, 0.6) is 0 Å². The normalized spacial score (nSPS) is 14.5. The fraction of sp³-hybridized carbons (Fsp3) is 0.812. The van der Waals surface area contributed by atoms with Gasteiger partial charge >= 0.3 is 71.2 Å². The van der Waals surface area contributed by atoms with Crippen LogP contribution in [0.3, 0.4) is 0 Å². The van der Waals surface area contributed by atoms with Crippen molar-refractivity contribution in [3.63, 3.8) is 0 Å². The molecule has 0 aliphatic heterocycles. The summed E-state index contributed by atoms with van der Waals surface area (Å²) in [7, 11) is 0. The number of esters is 1. The van der Waals surface area contributed by atoms with Gasteiger partial charge in [-0.1, -0.05) is 33.1 Å². The van der Waals surface area contributed by atoms with E-state index in [1.807, 2.05) is 13.8 Å². The van der Waals surface area contributed by atoms with Crippen molar-refractivity contribution in [2.24, 2.45) is 11.8 Å². The maximum Gasteiger partial charge on any atom is 1.00 e. The van der Waals surface area contributed by atoms with Crippen molar-refractivity contribution >= 4 is 18.2 Å². The molecule has 1 aliphatic rings. The van der Waals surface area contributed by atoms with Crippen LogP contribution in [-0.4, -0.2) is 31.1 Å². The second kappa shape index (κ2) is 18.4. The number of rotatable bonds is 6. The van der Waals surface area contributed by atoms with Gasteiger partial charge in [0.2, 0.25) is 6.29 Å². The van der Waals surface area contributed by atoms with Crippen LogP contribution < -0.4 is 74.6 Å². The van der Waals surface area contributed by atoms with Crippen LogP contribution in [0.1, 0.15) is 59.3 Å². The zero-order valence-corrected chi connectivity index (χ0v) is 20.5. The number of carbonyl (C=O) groups is 3. The van der Waals surface area contributed by atoms with Crippen LogP contribution in [0, 0.1) is 11.8 Å². The molecule has 0 spiro atoms. The average Bonchev–Trinajstić information content (AvgIpc) is 2.44. The summed E-state index contributed by atoms with van der Waals surface area (Å²) in [6.45, 7) is 6.07. The Bertz CT molecular complexity index is 398. The van der Waals surface area contributed by atoms with E-state index in [-0.39, 0.29) is 71.0 Å². The number of carbonyl (C=O) groups excluding carboxylic acids is 3. The van der Waals surface area contributed by atoms with Crippen LogP contribution in [0.4, 0.5) is 9.59 Å². The van der Waals surface area contributed by atoms with E-state index in [9.17, 15) is 9.59 Å². The van der Waals surface area contributed by atoms with Crippen molar-refractivity contribution in [3.8, 4) is 0 Å². The van der Waals surface area contributed by atoms with Crippen molar-refractivity contribution in [1.82, 2.24) is 5.32 Å². The summed E-state index contributed by atoms with van der Waals surface area (Å²) in [5.41, 5.74) is 0. The first-order valence-electron chi connectivity index (χ1n) is 8.22. The molecule has 1 aliphatic carbocycles. The predicted molar refractivity (Wildman–Crippen MR) is 81.5 cm³/mol. The van der Waals surface area contributed by atoms with Gasteiger partial charge in [0, 0.05) is 19.9 Å². The van der Waals surface area contributed by atoms with Gasteiger partial charge in [-0.15, -0.1) is 0 Å². The molecule has 0 heterocycles. The van der Waals surface area contributed by atoms with Gasteiger partial charge in [0.1, 0.15) is 0 Å². The molecule has 1 N–H and O–H groups in total. The third kappa shape index (κ3) is 20.3. The van der Waals surface area contributed by atoms with Crippen molar-refractivity contribution in [3.05, 3.63) is 0 Å². The Morgan fingerprint density at radius 2 is 1.50 bits per heavy atom. The van der Waals surface area contributed by atoms with Crippen LogP contribution in [-0.2, 0) is 14.3 Å². The molecule has 1 amide bonds. The van der Waals surface area contributed by atoms with Gasteiger partial charge in [0.25, 0.3) is 0 Å². The Hall–Kier alpha value is 0.0100. The van der Waals surface area contributed by atoms with Crippen LogP contribution in [0.2, 0.25) is 0 Å². The molecule has 1 unspecified atom stereocenters. The SMILES string of the molecule is CC(C)CC(=O)OC(C)OC(=O)NCC1CCCCC1.O=C([O-])[O-].[Na+].[Na+]. The minimum Gasteiger partial charge on any atom is -0.652 e. The second-order valence-electron chi connectivity index (χ2n) is 6.20. The van der Waals surface area contributed by atoms with E-state index in [2.05, 4.69) is 5.32 Å². The van der Waals surface area contributed by atoms with Gasteiger partial charge in [-0.3, -0.25) is 4.79 Å². The monoisotopic (exact) mass is 391 g/mol. The topological polar surface area (TPSA) is 128 Å². The van der Waals surface area contributed by atoms with Crippen molar-refractivity contribution < 1.29 is 93.2 Å². The number of ether oxygens (including phenoxy) is 2. The first-order valence-corrected chi connectivity index (χ1v) is 8.22. The van der Waals surface area contributed by atoms with E-state index < -0.39 is 18.5 Å². The van der Waals surface area contributed by atoms with Crippen molar-refractivity contribution in [2.45, 2.75) is 65.6 Å². The zero-order chi connectivity index (χ0) is 18.5. The van der Waals surface area contributed by atoms with E-state index in [0.29, 0.717) is 18.9 Å². The summed E-state index contributed by atoms with van der Waals surface area (Å²) in [5.74, 6) is 0.442. The maximum atomic E-state index is 11.6. The standard InChI is InChI=1S/C15H27NO4.CH2O3.2Na/c1-11(2)9-14(17)19-12(3)20-15(18)16-10-13-7-5-4-6-8-13;2-1(3)4;;/h11-13H,4-10H2,1-3H3,(H,16,18);(H2,2,3,4);;/q;;2*+1/p-2. The van der Waals surface area contributed by atoms with Crippen LogP contribution in [0.15, 0.2) is 0 Å². The third-order valence-corrected chi connectivity index (χ3v) is 3.41. The quantitative estimate of drug-likeness (QED) is 0.272. The third-order valence-electron chi connectivity index (χ3n) is 3.41. The zero-order valence-electron chi connectivity index (χ0n) is 16.5. The summed E-state index contributed by atoms with van der Waals surface area (Å²) in [6, 6.07) is 0. The number of carboxylic acid groups (broad SMARTS) is 2. The molecule has 10 heteroatoms. The van der Waals surface area contributed by atoms with Crippen LogP contribution >= 0.6 is 0 Å². The first kappa shape index (κ1) is 30.7. The summed E-state index contributed by atoms with van der Waals surface area (Å²) in [5, 5.41) is 19.4. The molecule has 1 atom stereocenters. The molecule has 8 nitrogen and oxygen atoms in total. The molecule has 1 fully saturated rings. The van der Waals surface area contributed by atoms with E-state index >= 15 is 0 Å². The van der Waals surface area contributed by atoms with Gasteiger partial charge in [-0.05, 0) is 30.8 Å². The minimum absolute atomic E-state index is 0. The summed E-state index contributed by atoms with van der Waals surface area (Å²) < 4.78 is 10.0.